The Morgan fingerprint density at radius 2 is 2.00 bits per heavy atom. The first-order chi connectivity index (χ1) is 4.63. The maximum absolute atomic E-state index is 10.2. The third-order valence-electron chi connectivity index (χ3n) is 0.576. The molecule has 0 aromatic heterocycles. The molecule has 0 rings (SSSR count). The molecule has 0 bridgehead atoms. The van der Waals surface area contributed by atoms with Crippen molar-refractivity contribution in [1.82, 2.24) is 9.44 Å². The molecule has 62 valence electrons. The molecule has 3 N–H and O–H groups in total. The number of hydrogen-bond acceptors (Lipinski definition) is 2. The van der Waals surface area contributed by atoms with Crippen molar-refractivity contribution in [2.45, 2.75) is 0 Å². The van der Waals surface area contributed by atoms with E-state index in [-0.39, 0.29) is 0 Å². The van der Waals surface area contributed by atoms with Crippen LogP contribution >= 0.6 is 11.7 Å². The van der Waals surface area contributed by atoms with Gasteiger partial charge in [-0.1, -0.05) is 11.7 Å². The van der Waals surface area contributed by atoms with Crippen molar-refractivity contribution in [3.05, 3.63) is 0 Å². The summed E-state index contributed by atoms with van der Waals surface area (Å²) in [6, 6.07) is 0. The van der Waals surface area contributed by atoms with Gasteiger partial charge in [0.15, 0.2) is 10.0 Å². The van der Waals surface area contributed by atoms with E-state index in [9.17, 15) is 4.21 Å². The van der Waals surface area contributed by atoms with E-state index in [0.717, 1.165) is 0 Å². The van der Waals surface area contributed by atoms with Crippen molar-refractivity contribution in [2.75, 3.05) is 13.1 Å². The maximum Gasteiger partial charge on any atom is 0.150 e. The molecule has 0 amide bonds. The van der Waals surface area contributed by atoms with E-state index < -0.39 is 19.9 Å². The Balaban J connectivity index is 3.06. The van der Waals surface area contributed by atoms with Crippen LogP contribution in [0.15, 0.2) is 0 Å². The highest BCUT2D eigenvalue weighted by Gasteiger charge is 1.89. The standard InChI is InChI=1S/C2H8N2O2S4/c5-9(7)3-1-2-4-10(6)8/h3-4H,1-2H2,(H,5,7)(H,6,8). The molecule has 2 unspecified atom stereocenters. The summed E-state index contributed by atoms with van der Waals surface area (Å²) in [4.78, 5) is 0. The first kappa shape index (κ1) is 11.0. The molecule has 0 aromatic carbocycles. The van der Waals surface area contributed by atoms with E-state index in [1.165, 1.54) is 0 Å². The van der Waals surface area contributed by atoms with Gasteiger partial charge in [-0.05, 0) is 11.2 Å². The smallest absolute Gasteiger partial charge is 0.150 e. The molecule has 2 atom stereocenters. The monoisotopic (exact) mass is 220 g/mol. The van der Waals surface area contributed by atoms with E-state index in [2.05, 4.69) is 32.3 Å². The Morgan fingerprint density at radius 1 is 1.50 bits per heavy atom. The number of nitrogens with one attached hydrogen (secondary N) is 2. The molecular weight excluding hydrogens is 212 g/mol. The van der Waals surface area contributed by atoms with Crippen molar-refractivity contribution < 1.29 is 8.76 Å². The third kappa shape index (κ3) is 8.95. The number of rotatable bonds is 5. The average Bonchev–Trinajstić information content (AvgIpc) is 1.79. The summed E-state index contributed by atoms with van der Waals surface area (Å²) in [5, 5.41) is 0. The lowest BCUT2D eigenvalue weighted by Gasteiger charge is -2.00. The SMILES string of the molecule is O=S(S)NCCNS(O)=S. The molecule has 0 saturated carbocycles. The third-order valence-corrected chi connectivity index (χ3v) is 2.22. The second-order valence-corrected chi connectivity index (χ2v) is 4.80. The van der Waals surface area contributed by atoms with Crippen LogP contribution in [0.1, 0.15) is 0 Å². The predicted octanol–water partition coefficient (Wildman–Crippen LogP) is -0.858. The van der Waals surface area contributed by atoms with Crippen LogP contribution in [0.5, 0.6) is 0 Å². The summed E-state index contributed by atoms with van der Waals surface area (Å²) < 4.78 is 23.9. The zero-order valence-electron chi connectivity index (χ0n) is 4.94. The van der Waals surface area contributed by atoms with Gasteiger partial charge < -0.3 is 4.55 Å². The highest BCUT2D eigenvalue weighted by Crippen LogP contribution is 1.76. The number of thiol groups is 1. The van der Waals surface area contributed by atoms with E-state index in [1.54, 1.807) is 0 Å². The minimum Gasteiger partial charge on any atom is -0.315 e. The van der Waals surface area contributed by atoms with Gasteiger partial charge in [-0.2, -0.15) is 0 Å². The minimum atomic E-state index is -1.29. The van der Waals surface area contributed by atoms with Crippen molar-refractivity contribution >= 4 is 42.8 Å². The topological polar surface area (TPSA) is 61.4 Å². The van der Waals surface area contributed by atoms with Gasteiger partial charge in [0.25, 0.3) is 0 Å². The van der Waals surface area contributed by atoms with Gasteiger partial charge >= 0.3 is 0 Å². The van der Waals surface area contributed by atoms with Crippen LogP contribution in [0.3, 0.4) is 0 Å². The van der Waals surface area contributed by atoms with Gasteiger partial charge in [0.1, 0.15) is 0 Å². The zero-order chi connectivity index (χ0) is 7.98. The van der Waals surface area contributed by atoms with Crippen LogP contribution in [-0.4, -0.2) is 21.9 Å². The lowest BCUT2D eigenvalue weighted by molar-refractivity contribution is 0.638. The zero-order valence-corrected chi connectivity index (χ0v) is 8.29. The number of hydrogen-bond donors (Lipinski definition) is 4. The Morgan fingerprint density at radius 3 is 2.40 bits per heavy atom. The second kappa shape index (κ2) is 6.65. The summed E-state index contributed by atoms with van der Waals surface area (Å²) in [6.07, 6.45) is 0. The summed E-state index contributed by atoms with van der Waals surface area (Å²) in [7, 11) is -2.45. The van der Waals surface area contributed by atoms with Crippen molar-refractivity contribution in [2.24, 2.45) is 0 Å². The Hall–Kier alpha value is 0.950. The van der Waals surface area contributed by atoms with Crippen molar-refractivity contribution in [3.63, 3.8) is 0 Å². The molecule has 8 heteroatoms. The fourth-order valence-electron chi connectivity index (χ4n) is 0.277. The van der Waals surface area contributed by atoms with Gasteiger partial charge in [-0.15, -0.1) is 0 Å². The van der Waals surface area contributed by atoms with Crippen LogP contribution in [0.4, 0.5) is 0 Å². The first-order valence-electron chi connectivity index (χ1n) is 2.31. The van der Waals surface area contributed by atoms with Crippen molar-refractivity contribution in [1.29, 1.82) is 0 Å². The van der Waals surface area contributed by atoms with Crippen LogP contribution < -0.4 is 9.44 Å². The summed E-state index contributed by atoms with van der Waals surface area (Å²) in [5.74, 6) is 0. The molecule has 0 aliphatic heterocycles. The molecule has 0 heterocycles. The molecule has 0 saturated heterocycles. The van der Waals surface area contributed by atoms with Gasteiger partial charge in [0, 0.05) is 13.1 Å². The van der Waals surface area contributed by atoms with Crippen LogP contribution in [0, 0.1) is 0 Å². The summed E-state index contributed by atoms with van der Waals surface area (Å²) in [5.41, 5.74) is 0. The molecule has 10 heavy (non-hydrogen) atoms. The van der Waals surface area contributed by atoms with Gasteiger partial charge in [0.05, 0.1) is 9.92 Å². The van der Waals surface area contributed by atoms with Crippen LogP contribution in [0.25, 0.3) is 0 Å². The van der Waals surface area contributed by atoms with Crippen molar-refractivity contribution in [3.8, 4) is 0 Å². The van der Waals surface area contributed by atoms with Gasteiger partial charge in [0.2, 0.25) is 0 Å². The fourth-order valence-corrected chi connectivity index (χ4v) is 1.35. The lowest BCUT2D eigenvalue weighted by atomic mass is 10.7. The van der Waals surface area contributed by atoms with Crippen LogP contribution in [-0.2, 0) is 31.1 Å². The highest BCUT2D eigenvalue weighted by atomic mass is 33.1. The Kier molecular flexibility index (Phi) is 7.28. The molecule has 0 radical (unpaired) electrons. The van der Waals surface area contributed by atoms with E-state index in [1.807, 2.05) is 0 Å². The molecule has 0 aliphatic carbocycles. The van der Waals surface area contributed by atoms with Crippen LogP contribution in [0.2, 0.25) is 0 Å². The van der Waals surface area contributed by atoms with Gasteiger partial charge in [-0.25, -0.2) is 13.7 Å². The molecule has 0 aliphatic rings. The first-order valence-corrected chi connectivity index (χ1v) is 6.62. The average molecular weight is 220 g/mol. The lowest BCUT2D eigenvalue weighted by Crippen LogP contribution is -2.27. The largest absolute Gasteiger partial charge is 0.315 e. The highest BCUT2D eigenvalue weighted by molar-refractivity contribution is 8.59. The molecule has 0 fully saturated rings. The molecule has 0 aromatic rings. The molecule has 0 spiro atoms. The summed E-state index contributed by atoms with van der Waals surface area (Å²) in [6.45, 7) is 0.951. The van der Waals surface area contributed by atoms with E-state index >= 15 is 0 Å². The fraction of sp³-hybridized carbons (Fsp3) is 1.00. The van der Waals surface area contributed by atoms with E-state index in [4.69, 9.17) is 4.55 Å². The maximum atomic E-state index is 10.2. The quantitative estimate of drug-likeness (QED) is 0.277. The minimum absolute atomic E-state index is 0.469. The molecular formula is C2H8N2O2S4. The van der Waals surface area contributed by atoms with Gasteiger partial charge in [-0.3, -0.25) is 0 Å². The Labute approximate surface area is 74.1 Å². The Bertz CT molecular complexity index is 123. The second-order valence-electron chi connectivity index (χ2n) is 1.29. The van der Waals surface area contributed by atoms with E-state index in [0.29, 0.717) is 13.1 Å². The summed E-state index contributed by atoms with van der Waals surface area (Å²) >= 11 is 7.98. The molecule has 4 nitrogen and oxygen atoms in total. The normalized spacial score (nSPS) is 16.6. The predicted molar refractivity (Wildman–Crippen MR) is 50.5 cm³/mol.